The van der Waals surface area contributed by atoms with Gasteiger partial charge in [-0.1, -0.05) is 0 Å². The number of nitrogens with one attached hydrogen (secondary N) is 2. The Labute approximate surface area is 103 Å². The highest BCUT2D eigenvalue weighted by molar-refractivity contribution is 9.10. The van der Waals surface area contributed by atoms with Gasteiger partial charge in [0, 0.05) is 10.0 Å². The van der Waals surface area contributed by atoms with Crippen LogP contribution in [0.4, 0.5) is 14.9 Å². The highest BCUT2D eigenvalue weighted by atomic mass is 79.9. The molecule has 0 heterocycles. The molecule has 0 atom stereocenters. The number of amides is 2. The molecule has 0 saturated heterocycles. The van der Waals surface area contributed by atoms with Crippen LogP contribution in [-0.2, 0) is 0 Å². The average Bonchev–Trinajstić information content (AvgIpc) is 2.08. The standard InChI is InChI=1S/C11H14BrFN2O/c1-11(2,3)15-10(16)14-9-6-7(13)4-5-8(9)12/h4-6H,1-3H3,(H2,14,15,16). The third-order valence-electron chi connectivity index (χ3n) is 1.67. The summed E-state index contributed by atoms with van der Waals surface area (Å²) in [5.41, 5.74) is 0.0749. The van der Waals surface area contributed by atoms with Crippen LogP contribution < -0.4 is 10.6 Å². The zero-order valence-electron chi connectivity index (χ0n) is 9.40. The Morgan fingerprint density at radius 2 is 2.00 bits per heavy atom. The second-order valence-electron chi connectivity index (χ2n) is 4.45. The first kappa shape index (κ1) is 13.0. The van der Waals surface area contributed by atoms with E-state index >= 15 is 0 Å². The number of rotatable bonds is 1. The van der Waals surface area contributed by atoms with Crippen LogP contribution in [0.1, 0.15) is 20.8 Å². The Morgan fingerprint density at radius 1 is 1.38 bits per heavy atom. The molecule has 1 rings (SSSR count). The van der Waals surface area contributed by atoms with Gasteiger partial charge in [0.15, 0.2) is 0 Å². The normalized spacial score (nSPS) is 11.1. The van der Waals surface area contributed by atoms with Crippen LogP contribution in [0.25, 0.3) is 0 Å². The summed E-state index contributed by atoms with van der Waals surface area (Å²) >= 11 is 3.23. The molecule has 16 heavy (non-hydrogen) atoms. The summed E-state index contributed by atoms with van der Waals surface area (Å²) in [6, 6.07) is 3.75. The number of hydrogen-bond donors (Lipinski definition) is 2. The van der Waals surface area contributed by atoms with Crippen LogP contribution in [0.15, 0.2) is 22.7 Å². The molecule has 0 fully saturated rings. The second-order valence-corrected chi connectivity index (χ2v) is 5.31. The van der Waals surface area contributed by atoms with Gasteiger partial charge in [0.2, 0.25) is 0 Å². The monoisotopic (exact) mass is 288 g/mol. The van der Waals surface area contributed by atoms with E-state index in [-0.39, 0.29) is 11.6 Å². The molecule has 0 saturated carbocycles. The third-order valence-corrected chi connectivity index (χ3v) is 2.36. The van der Waals surface area contributed by atoms with Crippen molar-refractivity contribution in [1.82, 2.24) is 5.32 Å². The summed E-state index contributed by atoms with van der Waals surface area (Å²) in [6.45, 7) is 5.60. The zero-order chi connectivity index (χ0) is 12.3. The van der Waals surface area contributed by atoms with Gasteiger partial charge in [0.1, 0.15) is 5.82 Å². The SMILES string of the molecule is CC(C)(C)NC(=O)Nc1cc(F)ccc1Br. The highest BCUT2D eigenvalue weighted by Gasteiger charge is 2.14. The minimum atomic E-state index is -0.394. The summed E-state index contributed by atoms with van der Waals surface area (Å²) in [4.78, 5) is 11.5. The summed E-state index contributed by atoms with van der Waals surface area (Å²) in [7, 11) is 0. The highest BCUT2D eigenvalue weighted by Crippen LogP contribution is 2.22. The molecule has 3 nitrogen and oxygen atoms in total. The van der Waals surface area contributed by atoms with E-state index < -0.39 is 5.82 Å². The molecule has 0 bridgehead atoms. The number of anilines is 1. The van der Waals surface area contributed by atoms with Gasteiger partial charge in [-0.2, -0.15) is 0 Å². The zero-order valence-corrected chi connectivity index (χ0v) is 11.0. The lowest BCUT2D eigenvalue weighted by atomic mass is 10.1. The second kappa shape index (κ2) is 4.82. The van der Waals surface area contributed by atoms with E-state index in [2.05, 4.69) is 26.6 Å². The van der Waals surface area contributed by atoms with Crippen molar-refractivity contribution in [3.63, 3.8) is 0 Å². The lowest BCUT2D eigenvalue weighted by Crippen LogP contribution is -2.43. The molecule has 0 aliphatic carbocycles. The fraction of sp³-hybridized carbons (Fsp3) is 0.364. The van der Waals surface area contributed by atoms with Crippen molar-refractivity contribution in [3.05, 3.63) is 28.5 Å². The molecule has 1 aromatic rings. The summed E-state index contributed by atoms with van der Waals surface area (Å²) in [5.74, 6) is -0.394. The van der Waals surface area contributed by atoms with E-state index in [9.17, 15) is 9.18 Å². The molecule has 0 unspecified atom stereocenters. The van der Waals surface area contributed by atoms with Crippen LogP contribution in [0.2, 0.25) is 0 Å². The van der Waals surface area contributed by atoms with Crippen LogP contribution >= 0.6 is 15.9 Å². The van der Waals surface area contributed by atoms with Crippen LogP contribution in [0, 0.1) is 5.82 Å². The average molecular weight is 289 g/mol. The first-order chi connectivity index (χ1) is 7.28. The number of hydrogen-bond acceptors (Lipinski definition) is 1. The number of urea groups is 1. The maximum absolute atomic E-state index is 12.9. The fourth-order valence-corrected chi connectivity index (χ4v) is 1.43. The van der Waals surface area contributed by atoms with Crippen LogP contribution in [0.5, 0.6) is 0 Å². The Kier molecular flexibility index (Phi) is 3.91. The number of carbonyl (C=O) groups is 1. The molecular formula is C11H14BrFN2O. The number of halogens is 2. The van der Waals surface area contributed by atoms with Gasteiger partial charge >= 0.3 is 6.03 Å². The first-order valence-corrected chi connectivity index (χ1v) is 5.61. The molecule has 2 amide bonds. The maximum atomic E-state index is 12.9. The van der Waals surface area contributed by atoms with Crippen molar-refractivity contribution < 1.29 is 9.18 Å². The largest absolute Gasteiger partial charge is 0.333 e. The van der Waals surface area contributed by atoms with Crippen molar-refractivity contribution in [1.29, 1.82) is 0 Å². The van der Waals surface area contributed by atoms with Gasteiger partial charge in [-0.3, -0.25) is 0 Å². The quantitative estimate of drug-likeness (QED) is 0.816. The minimum Gasteiger partial charge on any atom is -0.333 e. The van der Waals surface area contributed by atoms with E-state index in [4.69, 9.17) is 0 Å². The van der Waals surface area contributed by atoms with Gasteiger partial charge in [0.25, 0.3) is 0 Å². The predicted octanol–water partition coefficient (Wildman–Crippen LogP) is 3.51. The summed E-state index contributed by atoms with van der Waals surface area (Å²) in [6.07, 6.45) is 0. The molecule has 0 aliphatic heterocycles. The van der Waals surface area contributed by atoms with E-state index in [1.165, 1.54) is 12.1 Å². The van der Waals surface area contributed by atoms with E-state index in [1.807, 2.05) is 20.8 Å². The Hall–Kier alpha value is -1.10. The molecule has 1 aromatic carbocycles. The Morgan fingerprint density at radius 3 is 2.56 bits per heavy atom. The Balaban J connectivity index is 2.73. The van der Waals surface area contributed by atoms with Crippen molar-refractivity contribution >= 4 is 27.6 Å². The number of benzene rings is 1. The Bertz CT molecular complexity index is 401. The first-order valence-electron chi connectivity index (χ1n) is 4.82. The lowest BCUT2D eigenvalue weighted by Gasteiger charge is -2.21. The van der Waals surface area contributed by atoms with Gasteiger partial charge in [-0.25, -0.2) is 9.18 Å². The van der Waals surface area contributed by atoms with E-state index in [0.29, 0.717) is 10.2 Å². The third kappa shape index (κ3) is 4.18. The number of carbonyl (C=O) groups excluding carboxylic acids is 1. The summed E-state index contributed by atoms with van der Waals surface area (Å²) in [5, 5.41) is 5.29. The topological polar surface area (TPSA) is 41.1 Å². The van der Waals surface area contributed by atoms with Gasteiger partial charge < -0.3 is 10.6 Å². The van der Waals surface area contributed by atoms with E-state index in [1.54, 1.807) is 6.07 Å². The van der Waals surface area contributed by atoms with Crippen molar-refractivity contribution in [2.24, 2.45) is 0 Å². The van der Waals surface area contributed by atoms with Gasteiger partial charge in [0.05, 0.1) is 5.69 Å². The van der Waals surface area contributed by atoms with Crippen LogP contribution in [0.3, 0.4) is 0 Å². The lowest BCUT2D eigenvalue weighted by molar-refractivity contribution is 0.244. The molecular weight excluding hydrogens is 275 g/mol. The summed E-state index contributed by atoms with van der Waals surface area (Å²) < 4.78 is 13.6. The fourth-order valence-electron chi connectivity index (χ4n) is 1.09. The van der Waals surface area contributed by atoms with Crippen molar-refractivity contribution in [2.45, 2.75) is 26.3 Å². The molecule has 0 radical (unpaired) electrons. The smallest absolute Gasteiger partial charge is 0.319 e. The molecule has 88 valence electrons. The molecule has 2 N–H and O–H groups in total. The minimum absolute atomic E-state index is 0.329. The molecule has 0 spiro atoms. The maximum Gasteiger partial charge on any atom is 0.319 e. The van der Waals surface area contributed by atoms with E-state index in [0.717, 1.165) is 0 Å². The van der Waals surface area contributed by atoms with Gasteiger partial charge in [-0.15, -0.1) is 0 Å². The molecule has 5 heteroatoms. The van der Waals surface area contributed by atoms with Crippen LogP contribution in [-0.4, -0.2) is 11.6 Å². The predicted molar refractivity (Wildman–Crippen MR) is 66.0 cm³/mol. The molecule has 0 aromatic heterocycles. The molecule has 0 aliphatic rings. The van der Waals surface area contributed by atoms with Crippen molar-refractivity contribution in [2.75, 3.05) is 5.32 Å². The van der Waals surface area contributed by atoms with Crippen molar-refractivity contribution in [3.8, 4) is 0 Å². The van der Waals surface area contributed by atoms with Gasteiger partial charge in [-0.05, 0) is 54.9 Å².